The largest absolute Gasteiger partial charge is 0.454 e. The van der Waals surface area contributed by atoms with E-state index in [9.17, 15) is 0 Å². The minimum Gasteiger partial charge on any atom is -0.454 e. The molecule has 0 saturated heterocycles. The van der Waals surface area contributed by atoms with E-state index in [4.69, 9.17) is 4.42 Å². The van der Waals surface area contributed by atoms with Crippen molar-refractivity contribution in [2.75, 3.05) is 4.90 Å². The summed E-state index contributed by atoms with van der Waals surface area (Å²) in [6, 6.07) is 62.1. The second kappa shape index (κ2) is 13.5. The van der Waals surface area contributed by atoms with Crippen LogP contribution in [0, 0.1) is 0 Å². The monoisotopic (exact) mass is 735 g/mol. The number of fused-ring (bicyclic) bond motifs is 7. The number of hydrogen-bond donors (Lipinski definition) is 0. The van der Waals surface area contributed by atoms with E-state index in [0.717, 1.165) is 45.4 Å². The SMILES string of the molecule is C/C=C\C(=C/C1=C(C)c2ccccc2C(c2ccccc2)(c2ccccc2)C1)N(c1ccc2c(c1)C(C)(C)c1ccccc1-2)c1cccc2c1oc1ccccc12. The summed E-state index contributed by atoms with van der Waals surface area (Å²) in [5.41, 5.74) is 17.5. The van der Waals surface area contributed by atoms with Crippen LogP contribution in [0.5, 0.6) is 0 Å². The van der Waals surface area contributed by atoms with Crippen molar-refractivity contribution in [3.63, 3.8) is 0 Å². The summed E-state index contributed by atoms with van der Waals surface area (Å²) in [7, 11) is 0. The quantitative estimate of drug-likeness (QED) is 0.152. The molecule has 0 fully saturated rings. The molecule has 0 spiro atoms. The number of rotatable bonds is 7. The van der Waals surface area contributed by atoms with E-state index in [1.165, 1.54) is 55.7 Å². The van der Waals surface area contributed by atoms with E-state index in [1.54, 1.807) is 0 Å². The first kappa shape index (κ1) is 34.8. The van der Waals surface area contributed by atoms with Crippen LogP contribution in [0.4, 0.5) is 11.4 Å². The molecule has 2 heteroatoms. The Kier molecular flexibility index (Phi) is 8.27. The molecule has 2 aliphatic rings. The Labute approximate surface area is 335 Å². The minimum atomic E-state index is -0.390. The number of allylic oxidation sites excluding steroid dienone is 5. The first-order valence-corrected chi connectivity index (χ1v) is 20.1. The van der Waals surface area contributed by atoms with Gasteiger partial charge in [0.25, 0.3) is 0 Å². The number of anilines is 2. The molecule has 0 N–H and O–H groups in total. The van der Waals surface area contributed by atoms with Crippen molar-refractivity contribution >= 4 is 38.9 Å². The van der Waals surface area contributed by atoms with Gasteiger partial charge in [-0.2, -0.15) is 0 Å². The van der Waals surface area contributed by atoms with Gasteiger partial charge in [-0.3, -0.25) is 0 Å². The zero-order chi connectivity index (χ0) is 38.7. The summed E-state index contributed by atoms with van der Waals surface area (Å²) in [5.74, 6) is 0. The first-order valence-electron chi connectivity index (χ1n) is 20.1. The predicted octanol–water partition coefficient (Wildman–Crippen LogP) is 14.7. The molecule has 0 aliphatic heterocycles. The summed E-state index contributed by atoms with van der Waals surface area (Å²) in [4.78, 5) is 2.43. The maximum atomic E-state index is 6.80. The topological polar surface area (TPSA) is 16.4 Å². The molecule has 1 aromatic heterocycles. The summed E-state index contributed by atoms with van der Waals surface area (Å²) in [6.07, 6.45) is 7.68. The van der Waals surface area contributed by atoms with E-state index in [1.807, 2.05) is 0 Å². The molecule has 0 atom stereocenters. The van der Waals surface area contributed by atoms with Crippen molar-refractivity contribution in [3.8, 4) is 11.1 Å². The molecule has 57 heavy (non-hydrogen) atoms. The van der Waals surface area contributed by atoms with E-state index < -0.39 is 5.41 Å². The Balaban J connectivity index is 1.24. The lowest BCUT2D eigenvalue weighted by Gasteiger charge is -2.42. The van der Waals surface area contributed by atoms with E-state index in [0.29, 0.717) is 0 Å². The molecule has 7 aromatic carbocycles. The fourth-order valence-corrected chi connectivity index (χ4v) is 9.86. The average molecular weight is 736 g/mol. The highest BCUT2D eigenvalue weighted by Gasteiger charge is 2.42. The Morgan fingerprint density at radius 2 is 1.21 bits per heavy atom. The summed E-state index contributed by atoms with van der Waals surface area (Å²) in [6.45, 7) is 9.13. The number of furan rings is 1. The smallest absolute Gasteiger partial charge is 0.159 e. The second-order valence-electron chi connectivity index (χ2n) is 16.1. The van der Waals surface area contributed by atoms with E-state index in [-0.39, 0.29) is 5.41 Å². The molecule has 0 unspecified atom stereocenters. The lowest BCUT2D eigenvalue weighted by molar-refractivity contribution is 0.605. The summed E-state index contributed by atoms with van der Waals surface area (Å²) in [5, 5.41) is 2.23. The van der Waals surface area contributed by atoms with Gasteiger partial charge >= 0.3 is 0 Å². The van der Waals surface area contributed by atoms with Crippen LogP contribution in [-0.2, 0) is 10.8 Å². The molecular weight excluding hydrogens is 691 g/mol. The number of para-hydroxylation sites is 2. The zero-order valence-electron chi connectivity index (χ0n) is 33.0. The van der Waals surface area contributed by atoms with Gasteiger partial charge < -0.3 is 9.32 Å². The highest BCUT2D eigenvalue weighted by atomic mass is 16.3. The van der Waals surface area contributed by atoms with E-state index in [2.05, 4.69) is 221 Å². The number of nitrogens with zero attached hydrogens (tertiary/aromatic N) is 1. The van der Waals surface area contributed by atoms with E-state index >= 15 is 0 Å². The van der Waals surface area contributed by atoms with Gasteiger partial charge in [0.05, 0.1) is 5.69 Å². The average Bonchev–Trinajstić information content (AvgIpc) is 3.75. The van der Waals surface area contributed by atoms with Crippen LogP contribution >= 0.6 is 0 Å². The molecule has 0 radical (unpaired) electrons. The van der Waals surface area contributed by atoms with Gasteiger partial charge in [-0.1, -0.05) is 166 Å². The second-order valence-corrected chi connectivity index (χ2v) is 16.1. The molecule has 8 aromatic rings. The van der Waals surface area contributed by atoms with Gasteiger partial charge in [0.15, 0.2) is 5.58 Å². The third-order valence-corrected chi connectivity index (χ3v) is 12.6. The first-order chi connectivity index (χ1) is 27.9. The Morgan fingerprint density at radius 3 is 1.95 bits per heavy atom. The Bertz CT molecular complexity index is 2880. The lowest BCUT2D eigenvalue weighted by atomic mass is 9.61. The molecule has 2 nitrogen and oxygen atoms in total. The normalized spacial score (nSPS) is 15.5. The fraction of sp³-hybridized carbons (Fsp3) is 0.127. The standard InChI is InChI=1S/C55H45NO/c1-5-19-41(34-38-36-55(39-20-8-6-9-21-39,40-22-10-7-11-23-40)49-29-16-12-24-43(49)37(38)2)56(51-30-18-27-47-46-26-14-17-31-52(46)57-53(47)51)42-32-33-45-44-25-13-15-28-48(44)54(3,4)50(45)35-42/h5-35H,36H2,1-4H3/b19-5-,41-34+. The molecule has 2 aliphatic carbocycles. The van der Waals surface area contributed by atoms with Crippen molar-refractivity contribution in [2.45, 2.75) is 44.9 Å². The molecule has 0 bridgehead atoms. The van der Waals surface area contributed by atoms with Gasteiger partial charge in [-0.25, -0.2) is 0 Å². The van der Waals surface area contributed by atoms with Crippen LogP contribution in [0.15, 0.2) is 204 Å². The zero-order valence-corrected chi connectivity index (χ0v) is 33.0. The Hall–Kier alpha value is -6.64. The molecule has 276 valence electrons. The summed E-state index contributed by atoms with van der Waals surface area (Å²) >= 11 is 0. The van der Waals surface area contributed by atoms with Crippen LogP contribution < -0.4 is 4.90 Å². The molecule has 10 rings (SSSR count). The third-order valence-electron chi connectivity index (χ3n) is 12.6. The number of benzene rings is 7. The van der Waals surface area contributed by atoms with Crippen molar-refractivity contribution < 1.29 is 4.42 Å². The predicted molar refractivity (Wildman–Crippen MR) is 239 cm³/mol. The minimum absolute atomic E-state index is 0.152. The third kappa shape index (κ3) is 5.39. The molecule has 1 heterocycles. The van der Waals surface area contributed by atoms with Gasteiger partial charge in [0.1, 0.15) is 5.58 Å². The maximum Gasteiger partial charge on any atom is 0.159 e. The van der Waals surface area contributed by atoms with Crippen molar-refractivity contribution in [3.05, 3.63) is 233 Å². The van der Waals surface area contributed by atoms with Crippen molar-refractivity contribution in [1.29, 1.82) is 0 Å². The molecule has 0 saturated carbocycles. The van der Waals surface area contributed by atoms with Gasteiger partial charge in [0.2, 0.25) is 0 Å². The van der Waals surface area contributed by atoms with Crippen LogP contribution in [0.1, 0.15) is 67.5 Å². The highest BCUT2D eigenvalue weighted by Crippen LogP contribution is 2.53. The number of hydrogen-bond acceptors (Lipinski definition) is 2. The fourth-order valence-electron chi connectivity index (χ4n) is 9.86. The van der Waals surface area contributed by atoms with Gasteiger partial charge in [-0.15, -0.1) is 0 Å². The van der Waals surface area contributed by atoms with Gasteiger partial charge in [0, 0.05) is 33.0 Å². The van der Waals surface area contributed by atoms with Crippen LogP contribution in [-0.4, -0.2) is 0 Å². The maximum absolute atomic E-state index is 6.80. The van der Waals surface area contributed by atoms with Crippen molar-refractivity contribution in [1.82, 2.24) is 0 Å². The molecule has 0 amide bonds. The van der Waals surface area contributed by atoms with Crippen LogP contribution in [0.25, 0.3) is 38.6 Å². The summed E-state index contributed by atoms with van der Waals surface area (Å²) < 4.78 is 6.80. The van der Waals surface area contributed by atoms with Crippen LogP contribution in [0.2, 0.25) is 0 Å². The lowest BCUT2D eigenvalue weighted by Crippen LogP contribution is -2.33. The Morgan fingerprint density at radius 1 is 0.596 bits per heavy atom. The van der Waals surface area contributed by atoms with Crippen molar-refractivity contribution in [2.24, 2.45) is 0 Å². The molecular formula is C55H45NO. The van der Waals surface area contributed by atoms with Crippen LogP contribution in [0.3, 0.4) is 0 Å². The van der Waals surface area contributed by atoms with Gasteiger partial charge in [-0.05, 0) is 112 Å². The highest BCUT2D eigenvalue weighted by molar-refractivity contribution is 6.10.